The summed E-state index contributed by atoms with van der Waals surface area (Å²) in [6.45, 7) is 8.05. The molecular formula is C25H35N5O. The molecule has 2 N–H and O–H groups in total. The average molecular weight is 422 g/mol. The fourth-order valence-corrected chi connectivity index (χ4v) is 3.85. The van der Waals surface area contributed by atoms with E-state index in [2.05, 4.69) is 58.6 Å². The molecule has 2 aromatic rings. The Bertz CT molecular complexity index is 918. The van der Waals surface area contributed by atoms with Crippen LogP contribution in [0.4, 0.5) is 0 Å². The highest BCUT2D eigenvalue weighted by molar-refractivity contribution is 5.93. The second-order valence-electron chi connectivity index (χ2n) is 8.93. The summed E-state index contributed by atoms with van der Waals surface area (Å²) < 4.78 is 0. The molecule has 0 aliphatic carbocycles. The number of carbonyl (C=O) groups excluding carboxylic acids is 1. The molecule has 166 valence electrons. The molecule has 1 aliphatic heterocycles. The fraction of sp³-hybridized carbons (Fsp3) is 0.440. The molecule has 0 aromatic heterocycles. The topological polar surface area (TPSA) is 60.0 Å². The van der Waals surface area contributed by atoms with E-state index in [0.717, 1.165) is 37.6 Å². The van der Waals surface area contributed by atoms with E-state index in [1.807, 2.05) is 24.3 Å². The molecule has 0 bridgehead atoms. The smallest absolute Gasteiger partial charge is 0.253 e. The predicted octanol–water partition coefficient (Wildman–Crippen LogP) is 2.89. The quantitative estimate of drug-likeness (QED) is 0.556. The number of rotatable bonds is 6. The molecule has 0 saturated carbocycles. The van der Waals surface area contributed by atoms with Crippen molar-refractivity contribution in [2.45, 2.75) is 38.9 Å². The van der Waals surface area contributed by atoms with Crippen LogP contribution in [0.15, 0.2) is 53.5 Å². The Balaban J connectivity index is 1.51. The van der Waals surface area contributed by atoms with Crippen LogP contribution in [0, 0.1) is 0 Å². The van der Waals surface area contributed by atoms with E-state index in [9.17, 15) is 4.79 Å². The fourth-order valence-electron chi connectivity index (χ4n) is 3.85. The highest BCUT2D eigenvalue weighted by Crippen LogP contribution is 2.24. The Kier molecular flexibility index (Phi) is 7.33. The van der Waals surface area contributed by atoms with Gasteiger partial charge in [-0.3, -0.25) is 14.7 Å². The van der Waals surface area contributed by atoms with Gasteiger partial charge in [0.2, 0.25) is 0 Å². The van der Waals surface area contributed by atoms with Gasteiger partial charge in [-0.25, -0.2) is 0 Å². The third-order valence-electron chi connectivity index (χ3n) is 5.97. The van der Waals surface area contributed by atoms with E-state index in [-0.39, 0.29) is 11.4 Å². The van der Waals surface area contributed by atoms with Crippen molar-refractivity contribution in [1.82, 2.24) is 20.4 Å². The monoisotopic (exact) mass is 421 g/mol. The second kappa shape index (κ2) is 9.96. The third-order valence-corrected chi connectivity index (χ3v) is 5.97. The van der Waals surface area contributed by atoms with Crippen LogP contribution in [-0.4, -0.2) is 61.4 Å². The number of aliphatic imine (C=N–C) groups is 1. The van der Waals surface area contributed by atoms with Gasteiger partial charge >= 0.3 is 0 Å². The Morgan fingerprint density at radius 2 is 1.74 bits per heavy atom. The van der Waals surface area contributed by atoms with Crippen LogP contribution in [0.5, 0.6) is 0 Å². The van der Waals surface area contributed by atoms with Crippen LogP contribution in [0.1, 0.15) is 40.9 Å². The van der Waals surface area contributed by atoms with Crippen molar-refractivity contribution < 1.29 is 4.79 Å². The summed E-state index contributed by atoms with van der Waals surface area (Å²) in [4.78, 5) is 20.5. The number of nitrogens with one attached hydrogen (secondary N) is 2. The van der Waals surface area contributed by atoms with Gasteiger partial charge in [0.05, 0.1) is 0 Å². The molecule has 31 heavy (non-hydrogen) atoms. The number of nitrogens with zero attached hydrogens (tertiary/aromatic N) is 3. The molecule has 6 nitrogen and oxygen atoms in total. The lowest BCUT2D eigenvalue weighted by Gasteiger charge is -2.42. The Hall–Kier alpha value is -2.86. The first-order valence-corrected chi connectivity index (χ1v) is 10.9. The number of fused-ring (bicyclic) bond motifs is 1. The lowest BCUT2D eigenvalue weighted by Crippen LogP contribution is -2.54. The van der Waals surface area contributed by atoms with Gasteiger partial charge < -0.3 is 15.5 Å². The Morgan fingerprint density at radius 1 is 1.06 bits per heavy atom. The number of hydrogen-bond donors (Lipinski definition) is 2. The maximum Gasteiger partial charge on any atom is 0.253 e. The molecule has 3 rings (SSSR count). The van der Waals surface area contributed by atoms with E-state index in [4.69, 9.17) is 0 Å². The third kappa shape index (κ3) is 5.85. The van der Waals surface area contributed by atoms with Crippen molar-refractivity contribution in [2.75, 3.05) is 34.2 Å². The summed E-state index contributed by atoms with van der Waals surface area (Å²) in [6.07, 6.45) is 1.10. The van der Waals surface area contributed by atoms with Gasteiger partial charge in [0.25, 0.3) is 5.91 Å². The Labute approximate surface area is 186 Å². The second-order valence-corrected chi connectivity index (χ2v) is 8.93. The molecule has 0 spiro atoms. The van der Waals surface area contributed by atoms with Crippen molar-refractivity contribution in [2.24, 2.45) is 4.99 Å². The van der Waals surface area contributed by atoms with Crippen LogP contribution < -0.4 is 10.6 Å². The van der Waals surface area contributed by atoms with Gasteiger partial charge in [-0.1, -0.05) is 36.4 Å². The van der Waals surface area contributed by atoms with Crippen molar-refractivity contribution >= 4 is 11.9 Å². The highest BCUT2D eigenvalue weighted by atomic mass is 16.2. The standard InChI is InChI=1S/C25H35N5O/c1-25(2,30-15-14-20-8-6-7-9-22(20)17-30)18-28-24(26-3)27-16-19-10-12-21(13-11-19)23(31)29(4)5/h6-13H,14-18H2,1-5H3,(H2,26,27,28). The maximum atomic E-state index is 12.0. The number of hydrogen-bond acceptors (Lipinski definition) is 3. The van der Waals surface area contributed by atoms with E-state index in [1.54, 1.807) is 26.0 Å². The predicted molar refractivity (Wildman–Crippen MR) is 127 cm³/mol. The largest absolute Gasteiger partial charge is 0.355 e. The van der Waals surface area contributed by atoms with Crippen LogP contribution >= 0.6 is 0 Å². The minimum Gasteiger partial charge on any atom is -0.355 e. The number of guanidine groups is 1. The van der Waals surface area contributed by atoms with Crippen molar-refractivity contribution in [1.29, 1.82) is 0 Å². The molecular weight excluding hydrogens is 386 g/mol. The van der Waals surface area contributed by atoms with Gasteiger partial charge in [-0.05, 0) is 49.1 Å². The zero-order valence-electron chi connectivity index (χ0n) is 19.4. The Morgan fingerprint density at radius 3 is 2.39 bits per heavy atom. The zero-order chi connectivity index (χ0) is 22.4. The summed E-state index contributed by atoms with van der Waals surface area (Å²) >= 11 is 0. The molecule has 0 radical (unpaired) electrons. The molecule has 0 fully saturated rings. The molecule has 1 aliphatic rings. The van der Waals surface area contributed by atoms with Gasteiger partial charge in [0, 0.05) is 58.4 Å². The molecule has 1 amide bonds. The lowest BCUT2D eigenvalue weighted by molar-refractivity contribution is 0.0827. The number of benzene rings is 2. The summed E-state index contributed by atoms with van der Waals surface area (Å²) in [5.74, 6) is 0.790. The van der Waals surface area contributed by atoms with E-state index >= 15 is 0 Å². The van der Waals surface area contributed by atoms with Gasteiger partial charge in [0.1, 0.15) is 0 Å². The molecule has 1 heterocycles. The van der Waals surface area contributed by atoms with Crippen LogP contribution in [-0.2, 0) is 19.5 Å². The minimum absolute atomic E-state index is 0.000654. The molecule has 0 atom stereocenters. The average Bonchev–Trinajstić information content (AvgIpc) is 2.78. The number of amides is 1. The normalized spacial score (nSPS) is 14.7. The van der Waals surface area contributed by atoms with Gasteiger partial charge in [-0.15, -0.1) is 0 Å². The van der Waals surface area contributed by atoms with Crippen LogP contribution in [0.25, 0.3) is 0 Å². The maximum absolute atomic E-state index is 12.0. The SMILES string of the molecule is CN=C(NCc1ccc(C(=O)N(C)C)cc1)NCC(C)(C)N1CCc2ccccc2C1. The summed E-state index contributed by atoms with van der Waals surface area (Å²) in [5, 5.41) is 6.86. The molecule has 6 heteroatoms. The first-order chi connectivity index (χ1) is 14.8. The number of carbonyl (C=O) groups is 1. The summed E-state index contributed by atoms with van der Waals surface area (Å²) in [6, 6.07) is 16.4. The van der Waals surface area contributed by atoms with Crippen molar-refractivity contribution in [3.05, 3.63) is 70.8 Å². The van der Waals surface area contributed by atoms with Gasteiger partial charge in [-0.2, -0.15) is 0 Å². The van der Waals surface area contributed by atoms with Crippen LogP contribution in [0.3, 0.4) is 0 Å². The lowest BCUT2D eigenvalue weighted by atomic mass is 9.94. The molecule has 0 unspecified atom stereocenters. The van der Waals surface area contributed by atoms with Gasteiger partial charge in [0.15, 0.2) is 5.96 Å². The van der Waals surface area contributed by atoms with Crippen molar-refractivity contribution in [3.8, 4) is 0 Å². The van der Waals surface area contributed by atoms with Crippen LogP contribution in [0.2, 0.25) is 0 Å². The molecule has 0 saturated heterocycles. The van der Waals surface area contributed by atoms with Crippen molar-refractivity contribution in [3.63, 3.8) is 0 Å². The first kappa shape index (κ1) is 22.8. The highest BCUT2D eigenvalue weighted by Gasteiger charge is 2.29. The summed E-state index contributed by atoms with van der Waals surface area (Å²) in [5.41, 5.74) is 4.70. The minimum atomic E-state index is -0.000654. The zero-order valence-corrected chi connectivity index (χ0v) is 19.4. The summed E-state index contributed by atoms with van der Waals surface area (Å²) in [7, 11) is 5.31. The first-order valence-electron chi connectivity index (χ1n) is 10.9. The van der Waals surface area contributed by atoms with E-state index < -0.39 is 0 Å². The van der Waals surface area contributed by atoms with E-state index in [1.165, 1.54) is 11.1 Å². The van der Waals surface area contributed by atoms with E-state index in [0.29, 0.717) is 12.1 Å². The molecule has 2 aromatic carbocycles.